The average Bonchev–Trinajstić information content (AvgIpc) is 2.91. The van der Waals surface area contributed by atoms with Gasteiger partial charge in [-0.2, -0.15) is 4.31 Å². The minimum atomic E-state index is -3.42. The van der Waals surface area contributed by atoms with Crippen LogP contribution in [0.5, 0.6) is 11.5 Å². The fourth-order valence-corrected chi connectivity index (χ4v) is 6.44. The zero-order valence-electron chi connectivity index (χ0n) is 24.0. The molecule has 10 nitrogen and oxygen atoms in total. The summed E-state index contributed by atoms with van der Waals surface area (Å²) in [5, 5.41) is 4.85. The van der Waals surface area contributed by atoms with E-state index in [9.17, 15) is 16.8 Å². The van der Waals surface area contributed by atoms with E-state index < -0.39 is 20.0 Å². The lowest BCUT2D eigenvalue weighted by molar-refractivity contribution is 0.113. The fourth-order valence-electron chi connectivity index (χ4n) is 4.53. The normalized spacial score (nSPS) is 19.8. The van der Waals surface area contributed by atoms with Crippen LogP contribution in [0.4, 0.5) is 0 Å². The number of sulfonamides is 2. The highest BCUT2D eigenvalue weighted by molar-refractivity contribution is 7.89. The molecule has 0 bridgehead atoms. The number of nitrogens with two attached hydrogens (primary N) is 1. The monoisotopic (exact) mass is 596 g/mol. The second-order valence-corrected chi connectivity index (χ2v) is 14.3. The van der Waals surface area contributed by atoms with Crippen LogP contribution in [0.1, 0.15) is 37.8 Å². The molecule has 2 N–H and O–H groups in total. The molecule has 2 unspecified atom stereocenters. The molecule has 224 valence electrons. The second kappa shape index (κ2) is 14.6. The number of likely N-dealkylation sites (tertiary alicyclic amines) is 2. The van der Waals surface area contributed by atoms with Crippen LogP contribution in [0.15, 0.2) is 48.5 Å². The standard InChI is InChI=1S/C22H30N2O4S.C6H14N2O2S/c1-18-12-13-23(18)14-15-29(25,26)24(16-19-4-8-21(27-2)9-5-19)17-20-6-10-22(28-3)11-7-20;1-6-2-3-8(6)4-5-11(7,9)10/h4-11,18H,12-17H2,1-3H3;6H,2-5H2,1H3,(H2,7,9,10). The van der Waals surface area contributed by atoms with Gasteiger partial charge in [-0.05, 0) is 75.2 Å². The maximum Gasteiger partial charge on any atom is 0.215 e. The summed E-state index contributed by atoms with van der Waals surface area (Å²) < 4.78 is 59.4. The van der Waals surface area contributed by atoms with Crippen LogP contribution in [0.2, 0.25) is 0 Å². The van der Waals surface area contributed by atoms with Gasteiger partial charge in [-0.1, -0.05) is 24.3 Å². The lowest BCUT2D eigenvalue weighted by Crippen LogP contribution is -2.48. The molecule has 0 radical (unpaired) electrons. The lowest BCUT2D eigenvalue weighted by Gasteiger charge is -2.38. The molecular formula is C28H44N4O6S2. The molecule has 2 heterocycles. The predicted octanol–water partition coefficient (Wildman–Crippen LogP) is 2.50. The summed E-state index contributed by atoms with van der Waals surface area (Å²) in [7, 11) is -3.44. The smallest absolute Gasteiger partial charge is 0.215 e. The van der Waals surface area contributed by atoms with E-state index in [1.165, 1.54) is 6.42 Å². The molecule has 0 aliphatic carbocycles. The Morgan fingerprint density at radius 1 is 0.750 bits per heavy atom. The summed E-state index contributed by atoms with van der Waals surface area (Å²) in [6.45, 7) is 8.03. The van der Waals surface area contributed by atoms with Crippen LogP contribution in [0, 0.1) is 0 Å². The lowest BCUT2D eigenvalue weighted by atomic mass is 10.1. The van der Waals surface area contributed by atoms with E-state index in [0.29, 0.717) is 38.3 Å². The molecule has 2 aliphatic heterocycles. The molecule has 2 aromatic carbocycles. The highest BCUT2D eigenvalue weighted by Crippen LogP contribution is 2.21. The fraction of sp³-hybridized carbons (Fsp3) is 0.571. The molecular weight excluding hydrogens is 552 g/mol. The Balaban J connectivity index is 0.000000336. The number of nitrogens with zero attached hydrogens (tertiary/aromatic N) is 3. The third kappa shape index (κ3) is 10.0. The zero-order chi connectivity index (χ0) is 29.3. The minimum Gasteiger partial charge on any atom is -0.497 e. The molecule has 0 saturated carbocycles. The van der Waals surface area contributed by atoms with Crippen molar-refractivity contribution in [3.8, 4) is 11.5 Å². The summed E-state index contributed by atoms with van der Waals surface area (Å²) in [5.74, 6) is 1.72. The molecule has 2 saturated heterocycles. The van der Waals surface area contributed by atoms with Gasteiger partial charge in [0.2, 0.25) is 20.0 Å². The molecule has 0 aromatic heterocycles. The third-order valence-electron chi connectivity index (χ3n) is 7.64. The predicted molar refractivity (Wildman–Crippen MR) is 158 cm³/mol. The van der Waals surface area contributed by atoms with Gasteiger partial charge in [0.05, 0.1) is 25.7 Å². The first kappa shape index (κ1) is 32.3. The van der Waals surface area contributed by atoms with Crippen LogP contribution in [-0.2, 0) is 33.1 Å². The average molecular weight is 597 g/mol. The van der Waals surface area contributed by atoms with Gasteiger partial charge >= 0.3 is 0 Å². The van der Waals surface area contributed by atoms with Gasteiger partial charge in [-0.25, -0.2) is 22.0 Å². The van der Waals surface area contributed by atoms with Gasteiger partial charge in [0.25, 0.3) is 0 Å². The van der Waals surface area contributed by atoms with E-state index in [-0.39, 0.29) is 11.5 Å². The molecule has 0 spiro atoms. The summed E-state index contributed by atoms with van der Waals surface area (Å²) in [6.07, 6.45) is 2.31. The van der Waals surface area contributed by atoms with Gasteiger partial charge in [0, 0.05) is 38.3 Å². The number of ether oxygens (including phenoxy) is 2. The van der Waals surface area contributed by atoms with Crippen molar-refractivity contribution in [3.05, 3.63) is 59.7 Å². The summed E-state index contributed by atoms with van der Waals surface area (Å²) in [4.78, 5) is 4.33. The first-order valence-electron chi connectivity index (χ1n) is 13.6. The highest BCUT2D eigenvalue weighted by atomic mass is 32.2. The Morgan fingerprint density at radius 3 is 1.45 bits per heavy atom. The van der Waals surface area contributed by atoms with Crippen LogP contribution in [0.3, 0.4) is 0 Å². The maximum absolute atomic E-state index is 13.2. The van der Waals surface area contributed by atoms with E-state index in [2.05, 4.69) is 23.6 Å². The van der Waals surface area contributed by atoms with E-state index in [0.717, 1.165) is 42.1 Å². The van der Waals surface area contributed by atoms with Gasteiger partial charge in [0.15, 0.2) is 0 Å². The van der Waals surface area contributed by atoms with E-state index in [1.807, 2.05) is 48.5 Å². The molecule has 40 heavy (non-hydrogen) atoms. The molecule has 4 rings (SSSR count). The Kier molecular flexibility index (Phi) is 11.8. The molecule has 2 atom stereocenters. The Morgan fingerprint density at radius 2 is 1.15 bits per heavy atom. The van der Waals surface area contributed by atoms with Crippen LogP contribution in [0.25, 0.3) is 0 Å². The Bertz CT molecular complexity index is 1220. The van der Waals surface area contributed by atoms with Gasteiger partial charge in [-0.3, -0.25) is 9.80 Å². The number of rotatable bonds is 13. The van der Waals surface area contributed by atoms with Crippen molar-refractivity contribution >= 4 is 20.0 Å². The molecule has 2 fully saturated rings. The van der Waals surface area contributed by atoms with Crippen molar-refractivity contribution in [3.63, 3.8) is 0 Å². The van der Waals surface area contributed by atoms with Gasteiger partial charge in [-0.15, -0.1) is 0 Å². The topological polar surface area (TPSA) is 122 Å². The number of methoxy groups -OCH3 is 2. The highest BCUT2D eigenvalue weighted by Gasteiger charge is 2.28. The molecule has 2 aromatic rings. The van der Waals surface area contributed by atoms with Crippen LogP contribution >= 0.6 is 0 Å². The summed E-state index contributed by atoms with van der Waals surface area (Å²) in [5.41, 5.74) is 1.86. The Labute approximate surface area is 240 Å². The number of primary sulfonamides is 1. The van der Waals surface area contributed by atoms with E-state index in [1.54, 1.807) is 18.5 Å². The van der Waals surface area contributed by atoms with Gasteiger partial charge in [0.1, 0.15) is 11.5 Å². The van der Waals surface area contributed by atoms with Crippen molar-refractivity contribution in [1.29, 1.82) is 0 Å². The summed E-state index contributed by atoms with van der Waals surface area (Å²) in [6, 6.07) is 16.1. The molecule has 0 amide bonds. The number of hydrogen-bond donors (Lipinski definition) is 1. The zero-order valence-corrected chi connectivity index (χ0v) is 25.7. The summed E-state index contributed by atoms with van der Waals surface area (Å²) >= 11 is 0. The van der Waals surface area contributed by atoms with Crippen molar-refractivity contribution in [2.75, 3.05) is 51.9 Å². The first-order valence-corrected chi connectivity index (χ1v) is 16.9. The van der Waals surface area contributed by atoms with Crippen molar-refractivity contribution in [2.45, 2.75) is 51.9 Å². The molecule has 12 heteroatoms. The Hall–Kier alpha value is -2.22. The SMILES string of the molecule is CC1CCN1CCS(N)(=O)=O.COc1ccc(CN(Cc2ccc(OC)cc2)S(=O)(=O)CCN2CCC2C)cc1. The number of benzene rings is 2. The van der Waals surface area contributed by atoms with E-state index in [4.69, 9.17) is 14.6 Å². The van der Waals surface area contributed by atoms with E-state index >= 15 is 0 Å². The van der Waals surface area contributed by atoms with Crippen molar-refractivity contribution in [1.82, 2.24) is 14.1 Å². The first-order chi connectivity index (χ1) is 18.9. The number of hydrogen-bond acceptors (Lipinski definition) is 8. The molecule has 2 aliphatic rings. The van der Waals surface area contributed by atoms with Crippen LogP contribution < -0.4 is 14.6 Å². The van der Waals surface area contributed by atoms with Gasteiger partial charge < -0.3 is 9.47 Å². The minimum absolute atomic E-state index is 0.0807. The van der Waals surface area contributed by atoms with Crippen molar-refractivity contribution in [2.24, 2.45) is 5.14 Å². The maximum atomic E-state index is 13.2. The largest absolute Gasteiger partial charge is 0.497 e. The van der Waals surface area contributed by atoms with Crippen LogP contribution in [-0.4, -0.2) is 94.9 Å². The quantitative estimate of drug-likeness (QED) is 0.374. The van der Waals surface area contributed by atoms with Crippen molar-refractivity contribution < 1.29 is 26.3 Å². The third-order valence-corrected chi connectivity index (χ3v) is 10.1. The second-order valence-electron chi connectivity index (χ2n) is 10.5.